The number of amides is 1. The molecule has 146 valence electrons. The number of anilines is 1. The summed E-state index contributed by atoms with van der Waals surface area (Å²) in [4.78, 5) is 12.5. The first kappa shape index (κ1) is 20.0. The zero-order chi connectivity index (χ0) is 20.1. The molecule has 1 aromatic heterocycles. The molecule has 0 saturated carbocycles. The van der Waals surface area contributed by atoms with Gasteiger partial charge in [0.25, 0.3) is 5.91 Å². The Morgan fingerprint density at radius 1 is 1.14 bits per heavy atom. The van der Waals surface area contributed by atoms with Crippen LogP contribution in [-0.2, 0) is 6.61 Å². The van der Waals surface area contributed by atoms with Gasteiger partial charge in [-0.25, -0.2) is 0 Å². The Kier molecular flexibility index (Phi) is 6.39. The Bertz CT molecular complexity index is 947. The molecule has 6 heteroatoms. The van der Waals surface area contributed by atoms with E-state index in [2.05, 4.69) is 19.2 Å². The summed E-state index contributed by atoms with van der Waals surface area (Å²) in [6.07, 6.45) is 0. The van der Waals surface area contributed by atoms with Crippen LogP contribution in [0.5, 0.6) is 5.75 Å². The number of hydrogen-bond donors (Lipinski definition) is 2. The van der Waals surface area contributed by atoms with Crippen molar-refractivity contribution >= 4 is 23.2 Å². The molecule has 0 atom stereocenters. The normalized spacial score (nSPS) is 10.9. The first-order valence-electron chi connectivity index (χ1n) is 9.00. The zero-order valence-corrected chi connectivity index (χ0v) is 16.5. The number of hydrogen-bond acceptors (Lipinski definition) is 4. The third-order valence-corrected chi connectivity index (χ3v) is 4.32. The maximum Gasteiger partial charge on any atom is 0.255 e. The molecule has 3 rings (SSSR count). The lowest BCUT2D eigenvalue weighted by Gasteiger charge is -2.10. The van der Waals surface area contributed by atoms with Crippen LogP contribution in [0.1, 0.15) is 30.0 Å². The second-order valence-electron chi connectivity index (χ2n) is 6.80. The number of halogens is 1. The van der Waals surface area contributed by atoms with Gasteiger partial charge in [0.2, 0.25) is 0 Å². The summed E-state index contributed by atoms with van der Waals surface area (Å²) in [6, 6.07) is 15.6. The minimum absolute atomic E-state index is 0.174. The first-order chi connectivity index (χ1) is 13.5. The van der Waals surface area contributed by atoms with Crippen molar-refractivity contribution in [1.82, 2.24) is 0 Å². The monoisotopic (exact) mass is 399 g/mol. The first-order valence-corrected chi connectivity index (χ1v) is 9.37. The van der Waals surface area contributed by atoms with Gasteiger partial charge >= 0.3 is 0 Å². The van der Waals surface area contributed by atoms with Crippen molar-refractivity contribution in [3.63, 3.8) is 0 Å². The third kappa shape index (κ3) is 4.94. The van der Waals surface area contributed by atoms with E-state index in [0.717, 1.165) is 5.75 Å². The summed E-state index contributed by atoms with van der Waals surface area (Å²) in [7, 11) is 0. The molecule has 0 spiro atoms. The lowest BCUT2D eigenvalue weighted by molar-refractivity contribution is 0.102. The van der Waals surface area contributed by atoms with E-state index in [9.17, 15) is 4.79 Å². The summed E-state index contributed by atoms with van der Waals surface area (Å²) < 4.78 is 11.1. The van der Waals surface area contributed by atoms with E-state index in [-0.39, 0.29) is 12.5 Å². The highest BCUT2D eigenvalue weighted by atomic mass is 35.5. The molecule has 1 amide bonds. The molecule has 0 fully saturated rings. The molecule has 2 N–H and O–H groups in total. The van der Waals surface area contributed by atoms with Crippen molar-refractivity contribution in [3.05, 3.63) is 70.9 Å². The van der Waals surface area contributed by atoms with E-state index in [4.69, 9.17) is 25.9 Å². The van der Waals surface area contributed by atoms with Crippen LogP contribution in [0.15, 0.2) is 59.0 Å². The van der Waals surface area contributed by atoms with Crippen LogP contribution >= 0.6 is 11.6 Å². The fourth-order valence-electron chi connectivity index (χ4n) is 2.57. The van der Waals surface area contributed by atoms with Crippen LogP contribution in [0.2, 0.25) is 5.02 Å². The van der Waals surface area contributed by atoms with Gasteiger partial charge in [-0.3, -0.25) is 4.79 Å². The number of ether oxygens (including phenoxy) is 1. The molecule has 0 aliphatic heterocycles. The maximum absolute atomic E-state index is 12.5. The van der Waals surface area contributed by atoms with Crippen molar-refractivity contribution in [2.75, 3.05) is 11.9 Å². The van der Waals surface area contributed by atoms with Gasteiger partial charge in [0.05, 0.1) is 11.6 Å². The van der Waals surface area contributed by atoms with E-state index in [1.165, 1.54) is 0 Å². The fourth-order valence-corrected chi connectivity index (χ4v) is 2.84. The number of carbonyl (C=O) groups excluding carboxylic acids is 1. The smallest absolute Gasteiger partial charge is 0.255 e. The number of aliphatic hydroxyl groups is 1. The molecule has 5 nitrogen and oxygen atoms in total. The van der Waals surface area contributed by atoms with E-state index >= 15 is 0 Å². The van der Waals surface area contributed by atoms with Crippen LogP contribution in [-0.4, -0.2) is 17.6 Å². The second kappa shape index (κ2) is 8.95. The topological polar surface area (TPSA) is 71.7 Å². The number of aliphatic hydroxyl groups excluding tert-OH is 1. The number of furan rings is 1. The van der Waals surface area contributed by atoms with Crippen LogP contribution < -0.4 is 10.1 Å². The van der Waals surface area contributed by atoms with Crippen molar-refractivity contribution in [2.24, 2.45) is 5.92 Å². The van der Waals surface area contributed by atoms with Gasteiger partial charge < -0.3 is 19.6 Å². The molecule has 0 bridgehead atoms. The van der Waals surface area contributed by atoms with Gasteiger partial charge in [-0.15, -0.1) is 0 Å². The largest absolute Gasteiger partial charge is 0.493 e. The fraction of sp³-hybridized carbons (Fsp3) is 0.227. The van der Waals surface area contributed by atoms with Crippen LogP contribution in [0.4, 0.5) is 5.69 Å². The lowest BCUT2D eigenvalue weighted by atomic mass is 10.1. The molecule has 0 aliphatic rings. The molecule has 3 aromatic rings. The highest BCUT2D eigenvalue weighted by Gasteiger charge is 2.12. The molecule has 0 radical (unpaired) electrons. The highest BCUT2D eigenvalue weighted by molar-refractivity contribution is 6.33. The van der Waals surface area contributed by atoms with Crippen LogP contribution in [0.3, 0.4) is 0 Å². The average molecular weight is 400 g/mol. The molecule has 1 heterocycles. The van der Waals surface area contributed by atoms with Gasteiger partial charge in [0.1, 0.15) is 23.9 Å². The Morgan fingerprint density at radius 2 is 1.89 bits per heavy atom. The molecule has 28 heavy (non-hydrogen) atoms. The SMILES string of the molecule is CC(C)COc1ccc(C(=O)Nc2ccc(-c3ccc(CO)o3)c(Cl)c2)cc1. The summed E-state index contributed by atoms with van der Waals surface area (Å²) >= 11 is 6.34. The summed E-state index contributed by atoms with van der Waals surface area (Å²) in [5.74, 6) is 1.96. The number of rotatable bonds is 7. The number of nitrogens with one attached hydrogen (secondary N) is 1. The summed E-state index contributed by atoms with van der Waals surface area (Å²) in [5.41, 5.74) is 1.79. The van der Waals surface area contributed by atoms with Crippen LogP contribution in [0, 0.1) is 5.92 Å². The molecule has 0 saturated heterocycles. The minimum Gasteiger partial charge on any atom is -0.493 e. The van der Waals surface area contributed by atoms with E-state index in [1.54, 1.807) is 54.6 Å². The molecular weight excluding hydrogens is 378 g/mol. The van der Waals surface area contributed by atoms with E-state index in [1.807, 2.05) is 0 Å². The van der Waals surface area contributed by atoms with Gasteiger partial charge in [-0.05, 0) is 60.5 Å². The van der Waals surface area contributed by atoms with Gasteiger partial charge in [-0.1, -0.05) is 25.4 Å². The highest BCUT2D eigenvalue weighted by Crippen LogP contribution is 2.31. The third-order valence-electron chi connectivity index (χ3n) is 4.01. The quantitative estimate of drug-likeness (QED) is 0.559. The predicted molar refractivity (Wildman–Crippen MR) is 110 cm³/mol. The molecular formula is C22H22ClNO4. The standard InChI is InChI=1S/C22H22ClNO4/c1-14(2)13-27-17-6-3-15(4-7-17)22(26)24-16-5-9-19(20(23)11-16)21-10-8-18(12-25)28-21/h3-11,14,25H,12-13H2,1-2H3,(H,24,26). The van der Waals surface area contributed by atoms with Crippen molar-refractivity contribution in [3.8, 4) is 17.1 Å². The van der Waals surface area contributed by atoms with Crippen LogP contribution in [0.25, 0.3) is 11.3 Å². The maximum atomic E-state index is 12.5. The summed E-state index contributed by atoms with van der Waals surface area (Å²) in [5, 5.41) is 12.4. The van der Waals surface area contributed by atoms with E-state index in [0.29, 0.717) is 45.9 Å². The van der Waals surface area contributed by atoms with Crippen molar-refractivity contribution in [1.29, 1.82) is 0 Å². The Morgan fingerprint density at radius 3 is 2.50 bits per heavy atom. The predicted octanol–water partition coefficient (Wildman–Crippen LogP) is 5.38. The van der Waals surface area contributed by atoms with E-state index < -0.39 is 0 Å². The van der Waals surface area contributed by atoms with Crippen molar-refractivity contribution in [2.45, 2.75) is 20.5 Å². The second-order valence-corrected chi connectivity index (χ2v) is 7.21. The van der Waals surface area contributed by atoms with Gasteiger partial charge in [-0.2, -0.15) is 0 Å². The number of benzene rings is 2. The van der Waals surface area contributed by atoms with Crippen molar-refractivity contribution < 1.29 is 19.1 Å². The molecule has 0 unspecified atom stereocenters. The van der Waals surface area contributed by atoms with Gasteiger partial charge in [0, 0.05) is 16.8 Å². The Balaban J connectivity index is 1.67. The number of carbonyl (C=O) groups is 1. The Hall–Kier alpha value is -2.76. The minimum atomic E-state index is -0.236. The average Bonchev–Trinajstić information content (AvgIpc) is 3.15. The summed E-state index contributed by atoms with van der Waals surface area (Å²) in [6.45, 7) is 4.62. The molecule has 0 aliphatic carbocycles. The zero-order valence-electron chi connectivity index (χ0n) is 15.7. The van der Waals surface area contributed by atoms with Gasteiger partial charge in [0.15, 0.2) is 0 Å². The lowest BCUT2D eigenvalue weighted by Crippen LogP contribution is -2.12. The Labute approximate surface area is 168 Å². The molecule has 2 aromatic carbocycles.